The average Bonchev–Trinajstić information content (AvgIpc) is 2.49. The predicted octanol–water partition coefficient (Wildman–Crippen LogP) is 3.14. The van der Waals surface area contributed by atoms with Crippen molar-refractivity contribution in [2.24, 2.45) is 0 Å². The first-order valence-corrected chi connectivity index (χ1v) is 6.90. The van der Waals surface area contributed by atoms with Gasteiger partial charge in [0.2, 0.25) is 0 Å². The molecule has 2 aromatic carbocycles. The number of ether oxygens (including phenoxy) is 1. The zero-order chi connectivity index (χ0) is 15.1. The van der Waals surface area contributed by atoms with Crippen molar-refractivity contribution in [2.45, 2.75) is 20.4 Å². The molecule has 0 radical (unpaired) electrons. The largest absolute Gasteiger partial charge is 0.473 e. The summed E-state index contributed by atoms with van der Waals surface area (Å²) in [6, 6.07) is 15.5. The summed E-state index contributed by atoms with van der Waals surface area (Å²) >= 11 is 0. The smallest absolute Gasteiger partial charge is 0.317 e. The van der Waals surface area contributed by atoms with Crippen LogP contribution in [0.15, 0.2) is 48.5 Å². The Kier molecular flexibility index (Phi) is 5.21. The fourth-order valence-electron chi connectivity index (χ4n) is 1.77. The number of urea groups is 1. The Morgan fingerprint density at radius 3 is 2.10 bits per heavy atom. The van der Waals surface area contributed by atoms with Crippen LogP contribution in [0.4, 0.5) is 4.79 Å². The van der Waals surface area contributed by atoms with Crippen LogP contribution in [0.2, 0.25) is 0 Å². The Labute approximate surface area is 125 Å². The molecule has 0 atom stereocenters. The summed E-state index contributed by atoms with van der Waals surface area (Å²) in [4.78, 5) is 11.6. The number of carbonyl (C=O) groups excluding carboxylic acids is 1. The molecule has 2 amide bonds. The van der Waals surface area contributed by atoms with Crippen LogP contribution in [-0.4, -0.2) is 12.8 Å². The van der Waals surface area contributed by atoms with Crippen LogP contribution >= 0.6 is 0 Å². The highest BCUT2D eigenvalue weighted by Crippen LogP contribution is 2.10. The Balaban J connectivity index is 1.67. The minimum Gasteiger partial charge on any atom is -0.473 e. The lowest BCUT2D eigenvalue weighted by Crippen LogP contribution is -2.37. The molecule has 21 heavy (non-hydrogen) atoms. The maximum atomic E-state index is 11.6. The van der Waals surface area contributed by atoms with Crippen molar-refractivity contribution in [1.29, 1.82) is 0 Å². The lowest BCUT2D eigenvalue weighted by Gasteiger charge is -2.09. The third-order valence-corrected chi connectivity index (χ3v) is 3.07. The standard InChI is InChI=1S/C17H20N2O2/c1-13-3-7-15(8-4-13)11-18-17(20)19-12-21-16-9-5-14(2)6-10-16/h3-10H,11-12H2,1-2H3,(H2,18,19,20). The SMILES string of the molecule is Cc1ccc(CNC(=O)NCOc2ccc(C)cc2)cc1. The number of hydrogen-bond acceptors (Lipinski definition) is 2. The maximum Gasteiger partial charge on any atom is 0.317 e. The molecule has 4 heteroatoms. The molecule has 4 nitrogen and oxygen atoms in total. The van der Waals surface area contributed by atoms with Gasteiger partial charge in [0.05, 0.1) is 0 Å². The Morgan fingerprint density at radius 2 is 1.48 bits per heavy atom. The number of nitrogens with one attached hydrogen (secondary N) is 2. The van der Waals surface area contributed by atoms with E-state index in [-0.39, 0.29) is 12.8 Å². The van der Waals surface area contributed by atoms with E-state index in [0.717, 1.165) is 11.3 Å². The quantitative estimate of drug-likeness (QED) is 0.829. The molecule has 0 aliphatic carbocycles. The van der Waals surface area contributed by atoms with Crippen molar-refractivity contribution < 1.29 is 9.53 Å². The molecule has 0 saturated heterocycles. The van der Waals surface area contributed by atoms with Crippen molar-refractivity contribution in [3.63, 3.8) is 0 Å². The average molecular weight is 284 g/mol. The molecular formula is C17H20N2O2. The van der Waals surface area contributed by atoms with Gasteiger partial charge >= 0.3 is 6.03 Å². The molecule has 0 unspecified atom stereocenters. The fourth-order valence-corrected chi connectivity index (χ4v) is 1.77. The number of amides is 2. The summed E-state index contributed by atoms with van der Waals surface area (Å²) in [5.41, 5.74) is 3.44. The van der Waals surface area contributed by atoms with Gasteiger partial charge < -0.3 is 15.4 Å². The third-order valence-electron chi connectivity index (χ3n) is 3.07. The Bertz CT molecular complexity index is 577. The van der Waals surface area contributed by atoms with Gasteiger partial charge in [-0.3, -0.25) is 0 Å². The van der Waals surface area contributed by atoms with Crippen molar-refractivity contribution in [3.8, 4) is 5.75 Å². The summed E-state index contributed by atoms with van der Waals surface area (Å²) in [6.45, 7) is 4.69. The Morgan fingerprint density at radius 1 is 0.905 bits per heavy atom. The van der Waals surface area contributed by atoms with Crippen LogP contribution in [0.1, 0.15) is 16.7 Å². The van der Waals surface area contributed by atoms with Gasteiger partial charge in [0, 0.05) is 6.54 Å². The van der Waals surface area contributed by atoms with E-state index in [0.29, 0.717) is 6.54 Å². The van der Waals surface area contributed by atoms with Crippen molar-refractivity contribution in [2.75, 3.05) is 6.73 Å². The molecule has 2 aromatic rings. The van der Waals surface area contributed by atoms with E-state index in [1.807, 2.05) is 62.4 Å². The van der Waals surface area contributed by atoms with Gasteiger partial charge in [-0.1, -0.05) is 47.5 Å². The van der Waals surface area contributed by atoms with E-state index in [1.54, 1.807) is 0 Å². The van der Waals surface area contributed by atoms with Gasteiger partial charge in [-0.05, 0) is 31.5 Å². The van der Waals surface area contributed by atoms with Crippen molar-refractivity contribution >= 4 is 6.03 Å². The molecule has 0 fully saturated rings. The van der Waals surface area contributed by atoms with Gasteiger partial charge in [0.15, 0.2) is 6.73 Å². The monoisotopic (exact) mass is 284 g/mol. The van der Waals surface area contributed by atoms with E-state index in [9.17, 15) is 4.79 Å². The topological polar surface area (TPSA) is 50.4 Å². The molecule has 0 aromatic heterocycles. The Hall–Kier alpha value is -2.49. The van der Waals surface area contributed by atoms with Crippen LogP contribution in [0.25, 0.3) is 0 Å². The van der Waals surface area contributed by atoms with Crippen LogP contribution in [0.5, 0.6) is 5.75 Å². The molecule has 110 valence electrons. The lowest BCUT2D eigenvalue weighted by atomic mass is 10.1. The normalized spacial score (nSPS) is 10.0. The molecule has 0 aliphatic heterocycles. The van der Waals surface area contributed by atoms with E-state index in [2.05, 4.69) is 10.6 Å². The van der Waals surface area contributed by atoms with Crippen LogP contribution < -0.4 is 15.4 Å². The molecule has 0 saturated carbocycles. The molecule has 0 heterocycles. The van der Waals surface area contributed by atoms with Crippen LogP contribution in [0.3, 0.4) is 0 Å². The fraction of sp³-hybridized carbons (Fsp3) is 0.235. The van der Waals surface area contributed by atoms with Gasteiger partial charge in [0.25, 0.3) is 0 Å². The van der Waals surface area contributed by atoms with E-state index in [4.69, 9.17) is 4.74 Å². The number of carbonyl (C=O) groups is 1. The van der Waals surface area contributed by atoms with Gasteiger partial charge in [-0.2, -0.15) is 0 Å². The maximum absolute atomic E-state index is 11.6. The second-order valence-electron chi connectivity index (χ2n) is 4.95. The summed E-state index contributed by atoms with van der Waals surface area (Å²) in [5, 5.41) is 5.44. The molecule has 0 aliphatic rings. The highest BCUT2D eigenvalue weighted by atomic mass is 16.5. The summed E-state index contributed by atoms with van der Waals surface area (Å²) in [5.74, 6) is 0.736. The highest BCUT2D eigenvalue weighted by Gasteiger charge is 2.00. The molecule has 2 rings (SSSR count). The second-order valence-corrected chi connectivity index (χ2v) is 4.95. The minimum absolute atomic E-state index is 0.142. The molecular weight excluding hydrogens is 264 g/mol. The number of hydrogen-bond donors (Lipinski definition) is 2. The zero-order valence-corrected chi connectivity index (χ0v) is 12.3. The predicted molar refractivity (Wildman–Crippen MR) is 83.2 cm³/mol. The summed E-state index contributed by atoms with van der Waals surface area (Å²) < 4.78 is 5.43. The first-order valence-electron chi connectivity index (χ1n) is 6.90. The van der Waals surface area contributed by atoms with Crippen molar-refractivity contribution in [1.82, 2.24) is 10.6 Å². The molecule has 2 N–H and O–H groups in total. The van der Waals surface area contributed by atoms with Crippen LogP contribution in [0, 0.1) is 13.8 Å². The lowest BCUT2D eigenvalue weighted by molar-refractivity contribution is 0.223. The number of aryl methyl sites for hydroxylation is 2. The molecule has 0 bridgehead atoms. The minimum atomic E-state index is -0.248. The van der Waals surface area contributed by atoms with Crippen molar-refractivity contribution in [3.05, 3.63) is 65.2 Å². The first-order chi connectivity index (χ1) is 10.1. The van der Waals surface area contributed by atoms with E-state index in [1.165, 1.54) is 11.1 Å². The van der Waals surface area contributed by atoms with E-state index < -0.39 is 0 Å². The second kappa shape index (κ2) is 7.33. The van der Waals surface area contributed by atoms with Crippen LogP contribution in [-0.2, 0) is 6.54 Å². The molecule has 0 spiro atoms. The van der Waals surface area contributed by atoms with Gasteiger partial charge in [0.1, 0.15) is 5.75 Å². The number of benzene rings is 2. The summed E-state index contributed by atoms with van der Waals surface area (Å²) in [7, 11) is 0. The number of rotatable bonds is 5. The first kappa shape index (κ1) is 14.9. The zero-order valence-electron chi connectivity index (χ0n) is 12.3. The van der Waals surface area contributed by atoms with E-state index >= 15 is 0 Å². The highest BCUT2D eigenvalue weighted by molar-refractivity contribution is 5.73. The summed E-state index contributed by atoms with van der Waals surface area (Å²) in [6.07, 6.45) is 0. The van der Waals surface area contributed by atoms with Gasteiger partial charge in [-0.25, -0.2) is 4.79 Å². The third kappa shape index (κ3) is 5.18. The van der Waals surface area contributed by atoms with Gasteiger partial charge in [-0.15, -0.1) is 0 Å².